The first-order valence-corrected chi connectivity index (χ1v) is 6.44. The molecule has 4 amide bonds. The highest BCUT2D eigenvalue weighted by molar-refractivity contribution is 8.32. The van der Waals surface area contributed by atoms with E-state index < -0.39 is 27.1 Å². The van der Waals surface area contributed by atoms with Crippen molar-refractivity contribution in [3.63, 3.8) is 0 Å². The van der Waals surface area contributed by atoms with E-state index in [4.69, 9.17) is 0 Å². The van der Waals surface area contributed by atoms with Crippen LogP contribution in [0.1, 0.15) is 0 Å². The highest BCUT2D eigenvalue weighted by Crippen LogP contribution is 2.70. The van der Waals surface area contributed by atoms with Crippen molar-refractivity contribution in [1.82, 2.24) is 20.3 Å². The Morgan fingerprint density at radius 2 is 1.55 bits per heavy atom. The molecule has 0 unspecified atom stereocenters. The van der Waals surface area contributed by atoms with E-state index in [1.165, 1.54) is 0 Å². The predicted octanol–water partition coefficient (Wildman–Crippen LogP) is 0.0320. The van der Waals surface area contributed by atoms with Gasteiger partial charge in [-0.2, -0.15) is 0 Å². The predicted molar refractivity (Wildman–Crippen MR) is 37.9 cm³/mol. The van der Waals surface area contributed by atoms with Crippen LogP contribution in [0, 0.1) is 0 Å². The molecule has 11 heavy (non-hydrogen) atoms. The van der Waals surface area contributed by atoms with Gasteiger partial charge in [-0.15, -0.1) is 0 Å². The van der Waals surface area contributed by atoms with Crippen LogP contribution in [-0.4, -0.2) is 12.1 Å². The molecule has 0 spiro atoms. The first-order chi connectivity index (χ1) is 5.10. The molecule has 0 aliphatic carbocycles. The Kier molecular flexibility index (Phi) is 1.17. The normalized spacial score (nSPS) is 40.2. The molecular weight excluding hydrogens is 190 g/mol. The maximum Gasteiger partial charge on any atom is 0.326 e. The number of fused-ring (bicyclic) bond motifs is 1. The van der Waals surface area contributed by atoms with Crippen molar-refractivity contribution in [3.05, 3.63) is 0 Å². The monoisotopic (exact) mass is 194 g/mol. The van der Waals surface area contributed by atoms with Gasteiger partial charge in [0.2, 0.25) is 7.91 Å². The van der Waals surface area contributed by atoms with Gasteiger partial charge in [0.1, 0.15) is 0 Å². The third-order valence-electron chi connectivity index (χ3n) is 1.20. The number of hydrogen-bond donors (Lipinski definition) is 4. The van der Waals surface area contributed by atoms with Crippen LogP contribution in [-0.2, 0) is 4.57 Å². The topological polar surface area (TPSA) is 99.3 Å². The van der Waals surface area contributed by atoms with Gasteiger partial charge in [0.25, 0.3) is 0 Å². The summed E-state index contributed by atoms with van der Waals surface area (Å²) in [5.74, 6) is 0. The van der Waals surface area contributed by atoms with Crippen LogP contribution < -0.4 is 20.3 Å². The Balaban J connectivity index is 2.33. The number of urea groups is 2. The minimum Gasteiger partial charge on any atom is -0.291 e. The minimum atomic E-state index is -3.00. The molecule has 0 saturated carbocycles. The first-order valence-electron chi connectivity index (χ1n) is 2.69. The molecule has 60 valence electrons. The number of carbonyl (C=O) groups is 2. The Bertz CT molecular complexity index is 265. The number of hydrogen-bond acceptors (Lipinski definition) is 3. The Hall–Kier alpha value is -0.800. The highest BCUT2D eigenvalue weighted by atomic mass is 32.1. The van der Waals surface area contributed by atoms with Gasteiger partial charge >= 0.3 is 19.2 Å². The lowest BCUT2D eigenvalue weighted by Crippen LogP contribution is -2.29. The van der Waals surface area contributed by atoms with Gasteiger partial charge in [0.05, 0.1) is 0 Å². The summed E-state index contributed by atoms with van der Waals surface area (Å²) < 4.78 is 11.4. The van der Waals surface area contributed by atoms with Crippen molar-refractivity contribution in [1.29, 1.82) is 0 Å². The molecule has 9 heteroatoms. The van der Waals surface area contributed by atoms with E-state index in [0.29, 0.717) is 0 Å². The highest BCUT2D eigenvalue weighted by Gasteiger charge is 2.50. The minimum absolute atomic E-state index is 0.507. The van der Waals surface area contributed by atoms with Crippen LogP contribution >= 0.6 is 15.0 Å². The Labute approximate surface area is 62.5 Å². The van der Waals surface area contributed by atoms with Gasteiger partial charge in [-0.1, -0.05) is 0 Å². The molecule has 0 bridgehead atoms. The van der Waals surface area contributed by atoms with Crippen LogP contribution in [0.15, 0.2) is 0 Å². The number of nitrogens with one attached hydrogen (secondary N) is 4. The van der Waals surface area contributed by atoms with E-state index in [9.17, 15) is 14.2 Å². The number of amides is 4. The van der Waals surface area contributed by atoms with Crippen molar-refractivity contribution in [2.75, 3.05) is 0 Å². The molecule has 2 aliphatic heterocycles. The van der Waals surface area contributed by atoms with Crippen LogP contribution in [0.2, 0.25) is 0 Å². The summed E-state index contributed by atoms with van der Waals surface area (Å²) in [6.45, 7) is 0. The summed E-state index contributed by atoms with van der Waals surface area (Å²) in [5.41, 5.74) is 0. The molecule has 2 rings (SSSR count). The maximum absolute atomic E-state index is 11.4. The van der Waals surface area contributed by atoms with Gasteiger partial charge < -0.3 is 0 Å². The van der Waals surface area contributed by atoms with E-state index in [-0.39, 0.29) is 0 Å². The first kappa shape index (κ1) is 6.88. The molecule has 2 fully saturated rings. The smallest absolute Gasteiger partial charge is 0.291 e. The van der Waals surface area contributed by atoms with E-state index in [0.717, 1.165) is 0 Å². The summed E-state index contributed by atoms with van der Waals surface area (Å²) in [5, 5.41) is 9.01. The quantitative estimate of drug-likeness (QED) is 0.409. The molecule has 2 heterocycles. The fraction of sp³-hybridized carbons (Fsp3) is 0. The third-order valence-corrected chi connectivity index (χ3v) is 6.50. The second-order valence-corrected chi connectivity index (χ2v) is 7.55. The van der Waals surface area contributed by atoms with Crippen molar-refractivity contribution < 1.29 is 14.2 Å². The molecular formula is C2H4N4O3P2. The number of rotatable bonds is 0. The summed E-state index contributed by atoms with van der Waals surface area (Å²) in [7, 11) is -4.42. The molecule has 0 radical (unpaired) electrons. The number of carbonyl (C=O) groups excluding carboxylic acids is 2. The van der Waals surface area contributed by atoms with E-state index >= 15 is 0 Å². The van der Waals surface area contributed by atoms with E-state index in [2.05, 4.69) is 20.3 Å². The van der Waals surface area contributed by atoms with E-state index in [1.54, 1.807) is 0 Å². The largest absolute Gasteiger partial charge is 0.326 e. The van der Waals surface area contributed by atoms with Crippen molar-refractivity contribution >= 4 is 27.1 Å². The lowest BCUT2D eigenvalue weighted by atomic mass is 11.2. The van der Waals surface area contributed by atoms with Gasteiger partial charge in [-0.05, 0) is 0 Å². The second kappa shape index (κ2) is 1.87. The van der Waals surface area contributed by atoms with Crippen molar-refractivity contribution in [3.8, 4) is 0 Å². The summed E-state index contributed by atoms with van der Waals surface area (Å²) in [6.07, 6.45) is 0. The maximum atomic E-state index is 11.4. The zero-order valence-corrected chi connectivity index (χ0v) is 6.91. The van der Waals surface area contributed by atoms with Crippen LogP contribution in [0.5, 0.6) is 0 Å². The third kappa shape index (κ3) is 0.886. The van der Waals surface area contributed by atoms with Gasteiger partial charge in [-0.3, -0.25) is 24.9 Å². The van der Waals surface area contributed by atoms with Crippen LogP contribution in [0.25, 0.3) is 0 Å². The standard InChI is InChI=1S/C2H4N4O3P2/c7-1-3-10-4-2(8)6-11(10,9)5-1/h(H4,3,4,5,6,7,8,9). The molecule has 0 aromatic heterocycles. The summed E-state index contributed by atoms with van der Waals surface area (Å²) in [4.78, 5) is 21.2. The average Bonchev–Trinajstić information content (AvgIpc) is 2.16. The lowest BCUT2D eigenvalue weighted by molar-refractivity contribution is 0.249. The molecule has 0 aromatic rings. The Morgan fingerprint density at radius 1 is 1.09 bits per heavy atom. The summed E-state index contributed by atoms with van der Waals surface area (Å²) in [6, 6.07) is -1.01. The molecule has 4 N–H and O–H groups in total. The molecule has 2 aliphatic rings. The van der Waals surface area contributed by atoms with Crippen LogP contribution in [0.4, 0.5) is 9.59 Å². The SMILES string of the molecule is O=C1NP2NC(=O)NP2(=O)N1. The van der Waals surface area contributed by atoms with Crippen LogP contribution in [0.3, 0.4) is 0 Å². The zero-order chi connectivity index (χ0) is 8.06. The second-order valence-electron chi connectivity index (χ2n) is 1.99. The summed E-state index contributed by atoms with van der Waals surface area (Å²) >= 11 is 0. The molecule has 7 nitrogen and oxygen atoms in total. The lowest BCUT2D eigenvalue weighted by Gasteiger charge is -2.03. The molecule has 0 aromatic carbocycles. The van der Waals surface area contributed by atoms with Gasteiger partial charge in [0.15, 0.2) is 0 Å². The fourth-order valence-electron chi connectivity index (χ4n) is 0.814. The van der Waals surface area contributed by atoms with E-state index in [1.807, 2.05) is 0 Å². The van der Waals surface area contributed by atoms with Crippen molar-refractivity contribution in [2.24, 2.45) is 0 Å². The fourth-order valence-corrected chi connectivity index (χ4v) is 5.28. The molecule has 0 atom stereocenters. The molecule has 2 saturated heterocycles. The Morgan fingerprint density at radius 3 is 1.91 bits per heavy atom. The zero-order valence-electron chi connectivity index (χ0n) is 5.12. The van der Waals surface area contributed by atoms with Gasteiger partial charge in [0, 0.05) is 0 Å². The average molecular weight is 194 g/mol. The van der Waals surface area contributed by atoms with Gasteiger partial charge in [-0.25, -0.2) is 9.59 Å². The van der Waals surface area contributed by atoms with Crippen molar-refractivity contribution in [2.45, 2.75) is 0 Å².